The Labute approximate surface area is 725 Å². The number of hydrogen-bond acceptors (Lipinski definition) is 24. The van der Waals surface area contributed by atoms with Crippen LogP contribution in [0, 0.1) is 17.8 Å². The molecule has 0 radical (unpaired) electrons. The number of benzene rings is 4. The number of Topliss-reactive ketones (excluding diaryl/α,β-unsaturated/α-hetero) is 2. The Morgan fingerprint density at radius 1 is 0.408 bits per heavy atom. The molecule has 660 valence electrons. The zero-order chi connectivity index (χ0) is 86.9. The monoisotopic (exact) mass is 1740 g/mol. The van der Waals surface area contributed by atoms with Gasteiger partial charge in [-0.3, -0.25) is 38.4 Å². The molecule has 3 unspecified atom stereocenters. The fourth-order valence-corrected chi connectivity index (χ4v) is 18.0. The van der Waals surface area contributed by atoms with Gasteiger partial charge in [-0.1, -0.05) is 189 Å². The van der Waals surface area contributed by atoms with Crippen LogP contribution >= 0.6 is 47.0 Å². The maximum absolute atomic E-state index is 13.4. The fraction of sp³-hybridized carbons (Fsp3) is 0.600. The number of rotatable bonds is 46. The molecule has 30 heteroatoms. The average Bonchev–Trinajstić information content (AvgIpc) is 1.64. The van der Waals surface area contributed by atoms with E-state index in [2.05, 4.69) is 62.8 Å². The molecule has 6 saturated heterocycles. The minimum absolute atomic E-state index is 0.0212. The Morgan fingerprint density at radius 3 is 1.06 bits per heavy atom. The molecule has 4 aromatic carbocycles. The summed E-state index contributed by atoms with van der Waals surface area (Å²) in [6.45, 7) is 22.6. The molecule has 10 rings (SSSR count). The summed E-state index contributed by atoms with van der Waals surface area (Å²) >= 11 is 6.43. The van der Waals surface area contributed by atoms with Crippen molar-refractivity contribution in [3.05, 3.63) is 144 Å². The van der Waals surface area contributed by atoms with E-state index >= 15 is 0 Å². The van der Waals surface area contributed by atoms with Gasteiger partial charge < -0.3 is 69.0 Å². The first-order valence-corrected chi connectivity index (χ1v) is 47.1. The van der Waals surface area contributed by atoms with Crippen LogP contribution in [0.1, 0.15) is 175 Å². The lowest BCUT2D eigenvalue weighted by molar-refractivity contribution is -0.145. The van der Waals surface area contributed by atoms with E-state index in [0.29, 0.717) is 66.7 Å². The number of nitrogens with zero attached hydrogens (tertiary/aromatic N) is 2. The van der Waals surface area contributed by atoms with Crippen molar-refractivity contribution in [3.63, 3.8) is 0 Å². The van der Waals surface area contributed by atoms with E-state index in [1.54, 1.807) is 74.7 Å². The van der Waals surface area contributed by atoms with Gasteiger partial charge >= 0.3 is 23.9 Å². The van der Waals surface area contributed by atoms with Crippen molar-refractivity contribution in [3.8, 4) is 0 Å². The van der Waals surface area contributed by atoms with Crippen LogP contribution in [0.25, 0.3) is 0 Å². The van der Waals surface area contributed by atoms with Gasteiger partial charge in [0.2, 0.25) is 11.8 Å². The van der Waals surface area contributed by atoms with Crippen LogP contribution in [0.4, 0.5) is 0 Å². The second-order valence-electron chi connectivity index (χ2n) is 31.0. The van der Waals surface area contributed by atoms with Crippen LogP contribution in [0.5, 0.6) is 0 Å². The highest BCUT2D eigenvalue weighted by Gasteiger charge is 2.55. The lowest BCUT2D eigenvalue weighted by atomic mass is 9.91. The number of carbonyl (C=O) groups excluding carboxylic acids is 12. The molecular formula is C90H126N6O20S4. The van der Waals surface area contributed by atoms with Gasteiger partial charge in [-0.05, 0) is 113 Å². The van der Waals surface area contributed by atoms with Gasteiger partial charge in [0.15, 0.2) is 60.4 Å². The number of unbranched alkanes of at least 4 members (excludes halogenated alkanes) is 3. The van der Waals surface area contributed by atoms with Crippen molar-refractivity contribution in [2.45, 2.75) is 255 Å². The summed E-state index contributed by atoms with van der Waals surface area (Å²) in [4.78, 5) is 153. The van der Waals surface area contributed by atoms with Gasteiger partial charge in [0.25, 0.3) is 23.6 Å². The first-order chi connectivity index (χ1) is 57.9. The second-order valence-corrected chi connectivity index (χ2v) is 35.1. The number of piperidine rings is 2. The van der Waals surface area contributed by atoms with Crippen LogP contribution in [0.2, 0.25) is 0 Å². The Hall–Kier alpha value is -7.84. The Bertz CT molecular complexity index is 3850. The van der Waals surface area contributed by atoms with Crippen molar-refractivity contribution >= 4 is 118 Å². The minimum Gasteiger partial charge on any atom is -0.464 e. The standard InChI is InChI=1S/2C23H32N2O5S.2C22H31NO5S/c1-4-29-23(28)20-19(30-20)21(26)24-18(14-31-13-17-8-6-5-7-9-17)22(27)25-11-15(2)10-16(3)12-25;1-3-17-12-8-9-13-25(17)22(27)18(15-31-14-16-10-6-5-7-11-16)24-21(26)19-20(30-19)23(28)29-4-2;1-4-27-22(26)20-19(28-20)21(25)23-17(18(24)12-8-9-15(2)3)14-29-13-16-10-6-5-7-11-16;1-3-5-6-10-13-18(24)17(15-29-14-16-11-8-7-9-12-16)23-21(25)19-20(28-19)22(26)27-4-2/h5-9,15-16,18-20H,4,10-14H2,1-3H3,(H,24,26);5-7,10-11,17-20H,3-4,8-9,12-15H2,1-2H3,(H,24,26);5-7,10-11,15,17,19-20H,4,8-9,12-14H2,1-3H3,(H,23,25);7-9,11-12,17,19-20H,3-6,10,13-15H2,1-2H3,(H,23,25)/t15?,16?,18-,19-,20-;17?,18-,19-,20-;2*17-,19-,20-/m0000/s1. The molecule has 0 bridgehead atoms. The summed E-state index contributed by atoms with van der Waals surface area (Å²) in [5.41, 5.74) is 4.68. The van der Waals surface area contributed by atoms with Gasteiger partial charge in [-0.25, -0.2) is 19.2 Å². The highest BCUT2D eigenvalue weighted by Crippen LogP contribution is 2.31. The van der Waals surface area contributed by atoms with E-state index < -0.39 is 121 Å². The van der Waals surface area contributed by atoms with Gasteiger partial charge in [-0.2, -0.15) is 47.0 Å². The van der Waals surface area contributed by atoms with E-state index in [1.165, 1.54) is 16.7 Å². The maximum Gasteiger partial charge on any atom is 0.338 e. The average molecular weight is 1740 g/mol. The van der Waals surface area contributed by atoms with E-state index in [9.17, 15) is 57.5 Å². The zero-order valence-corrected chi connectivity index (χ0v) is 74.5. The molecule has 0 aromatic heterocycles. The molecular weight excluding hydrogens is 1610 g/mol. The third-order valence-electron chi connectivity index (χ3n) is 20.3. The highest BCUT2D eigenvalue weighted by atomic mass is 32.2. The van der Waals surface area contributed by atoms with E-state index in [4.69, 9.17) is 37.9 Å². The van der Waals surface area contributed by atoms with Crippen molar-refractivity contribution < 1.29 is 95.4 Å². The lowest BCUT2D eigenvalue weighted by Crippen LogP contribution is -2.55. The predicted octanol–water partition coefficient (Wildman–Crippen LogP) is 11.2. The van der Waals surface area contributed by atoms with E-state index in [1.807, 2.05) is 131 Å². The summed E-state index contributed by atoms with van der Waals surface area (Å²) in [6, 6.07) is 37.8. The van der Waals surface area contributed by atoms with E-state index in [-0.39, 0.29) is 55.9 Å². The third kappa shape index (κ3) is 35.2. The van der Waals surface area contributed by atoms with Crippen molar-refractivity contribution in [2.75, 3.05) is 69.1 Å². The summed E-state index contributed by atoms with van der Waals surface area (Å²) in [6.07, 6.45) is 4.87. The molecule has 6 fully saturated rings. The van der Waals surface area contributed by atoms with Gasteiger partial charge in [0.1, 0.15) is 12.1 Å². The molecule has 120 heavy (non-hydrogen) atoms. The third-order valence-corrected chi connectivity index (χ3v) is 24.8. The SMILES string of the molecule is CCCCCCC(=O)[C@H](CSCc1ccccc1)NC(=O)[C@H]1O[C@@H]1C(=O)OCC.CCOC(=O)[C@H]1O[C@@H]1C(=O)N[C@@H](CSCc1ccccc1)C(=O)CCCC(C)C.CCOC(=O)[C@H]1O[C@@H]1C(=O)N[C@@H](CSCc1ccccc1)C(=O)N1CC(C)CC(C)C1.CCOC(=O)[C@H]1O[C@@H]1C(=O)N[C@@H](CSCc1ccccc1)C(=O)N1CCCCC1CC. The molecule has 0 spiro atoms. The highest BCUT2D eigenvalue weighted by molar-refractivity contribution is 7.99. The molecule has 6 amide bonds. The van der Waals surface area contributed by atoms with Crippen molar-refractivity contribution in [2.24, 2.45) is 17.8 Å². The number of esters is 4. The van der Waals surface area contributed by atoms with Crippen LogP contribution in [-0.4, -0.2) is 229 Å². The number of carbonyl (C=O) groups is 12. The number of nitrogens with one attached hydrogen (secondary N) is 4. The maximum atomic E-state index is 13.4. The molecule has 6 aliphatic rings. The van der Waals surface area contributed by atoms with Gasteiger partial charge in [-0.15, -0.1) is 0 Å². The quantitative estimate of drug-likeness (QED) is 0.0138. The molecule has 26 nitrogen and oxygen atoms in total. The molecule has 0 saturated carbocycles. The summed E-state index contributed by atoms with van der Waals surface area (Å²) in [5, 5.41) is 11.3. The van der Waals surface area contributed by atoms with Crippen molar-refractivity contribution in [1.82, 2.24) is 31.1 Å². The molecule has 6 aliphatic heterocycles. The van der Waals surface area contributed by atoms with Gasteiger partial charge in [0.05, 0.1) is 38.5 Å². The van der Waals surface area contributed by atoms with Crippen LogP contribution < -0.4 is 21.3 Å². The molecule has 4 aromatic rings. The van der Waals surface area contributed by atoms with Crippen molar-refractivity contribution in [1.29, 1.82) is 0 Å². The molecule has 4 N–H and O–H groups in total. The smallest absolute Gasteiger partial charge is 0.338 e. The number of epoxide rings is 4. The first kappa shape index (κ1) is 99.3. The fourth-order valence-electron chi connectivity index (χ4n) is 13.9. The van der Waals surface area contributed by atoms with Crippen LogP contribution in [0.15, 0.2) is 121 Å². The predicted molar refractivity (Wildman–Crippen MR) is 466 cm³/mol. The van der Waals surface area contributed by atoms with E-state index in [0.717, 1.165) is 106 Å². The number of thioether (sulfide) groups is 4. The first-order valence-electron chi connectivity index (χ1n) is 42.5. The minimum atomic E-state index is -0.882. The molecule has 6 heterocycles. The number of hydrogen-bond donors (Lipinski definition) is 4. The Balaban J connectivity index is 0.000000221. The van der Waals surface area contributed by atoms with Gasteiger partial charge in [0, 0.05) is 84.5 Å². The molecule has 15 atom stereocenters. The summed E-state index contributed by atoms with van der Waals surface area (Å²) in [5.74, 6) is 2.40. The zero-order valence-electron chi connectivity index (χ0n) is 71.3. The second kappa shape index (κ2) is 53.9. The summed E-state index contributed by atoms with van der Waals surface area (Å²) < 4.78 is 40.3. The van der Waals surface area contributed by atoms with Crippen LogP contribution in [-0.2, 0) is 118 Å². The number of amides is 6. The largest absolute Gasteiger partial charge is 0.464 e. The number of likely N-dealkylation sites (tertiary alicyclic amines) is 2. The molecule has 0 aliphatic carbocycles. The number of ether oxygens (including phenoxy) is 8. The van der Waals surface area contributed by atoms with Crippen LogP contribution in [0.3, 0.4) is 0 Å². The Kier molecular flexibility index (Phi) is 44.6. The number of ketones is 2. The summed E-state index contributed by atoms with van der Waals surface area (Å²) in [7, 11) is 0. The lowest BCUT2D eigenvalue weighted by Gasteiger charge is -2.37. The topological polar surface area (TPSA) is 346 Å². The Morgan fingerprint density at radius 2 is 0.733 bits per heavy atom. The normalized spacial score (nSPS) is 21.9.